The Labute approximate surface area is 99.4 Å². The number of hydrogen-bond donors (Lipinski definition) is 0. The first-order valence-electron chi connectivity index (χ1n) is 6.64. The summed E-state index contributed by atoms with van der Waals surface area (Å²) in [5.74, 6) is 2.64. The molecular weight excluding hydrogens is 198 g/mol. The molecule has 0 aromatic heterocycles. The van der Waals surface area contributed by atoms with Crippen molar-refractivity contribution in [3.8, 4) is 0 Å². The highest BCUT2D eigenvalue weighted by atomic mass is 16.2. The lowest BCUT2D eigenvalue weighted by Gasteiger charge is -2.45. The molecular formula is C14H25NO. The van der Waals surface area contributed by atoms with Crippen LogP contribution in [-0.4, -0.2) is 23.9 Å². The Morgan fingerprint density at radius 2 is 1.81 bits per heavy atom. The van der Waals surface area contributed by atoms with Crippen LogP contribution in [0.15, 0.2) is 0 Å². The molecule has 1 heterocycles. The van der Waals surface area contributed by atoms with Crippen LogP contribution in [0, 0.1) is 23.2 Å². The van der Waals surface area contributed by atoms with Crippen LogP contribution in [-0.2, 0) is 4.79 Å². The number of nitrogens with zero attached hydrogens (tertiary/aromatic N) is 1. The zero-order valence-corrected chi connectivity index (χ0v) is 11.1. The molecule has 1 saturated heterocycles. The summed E-state index contributed by atoms with van der Waals surface area (Å²) >= 11 is 0. The minimum atomic E-state index is 0.399. The van der Waals surface area contributed by atoms with Gasteiger partial charge in [0, 0.05) is 19.5 Å². The van der Waals surface area contributed by atoms with Crippen molar-refractivity contribution in [3.05, 3.63) is 0 Å². The van der Waals surface area contributed by atoms with E-state index in [-0.39, 0.29) is 0 Å². The van der Waals surface area contributed by atoms with E-state index < -0.39 is 0 Å². The molecule has 0 aromatic rings. The lowest BCUT2D eigenvalue weighted by atomic mass is 9.62. The molecule has 0 aromatic carbocycles. The highest BCUT2D eigenvalue weighted by Gasteiger charge is 2.39. The number of amides is 1. The quantitative estimate of drug-likeness (QED) is 0.705. The maximum atomic E-state index is 11.9. The van der Waals surface area contributed by atoms with Gasteiger partial charge >= 0.3 is 0 Å². The van der Waals surface area contributed by atoms with E-state index in [0.29, 0.717) is 17.2 Å². The third kappa shape index (κ3) is 2.41. The van der Waals surface area contributed by atoms with Crippen LogP contribution < -0.4 is 0 Å². The predicted octanol–water partition coefficient (Wildman–Crippen LogP) is 2.93. The normalized spacial score (nSPS) is 30.9. The fourth-order valence-electron chi connectivity index (χ4n) is 2.89. The first kappa shape index (κ1) is 11.9. The molecule has 0 unspecified atom stereocenters. The summed E-state index contributed by atoms with van der Waals surface area (Å²) in [7, 11) is 0. The van der Waals surface area contributed by atoms with Gasteiger partial charge in [0.15, 0.2) is 0 Å². The van der Waals surface area contributed by atoms with Crippen molar-refractivity contribution in [2.24, 2.45) is 23.2 Å². The number of rotatable bonds is 2. The van der Waals surface area contributed by atoms with E-state index >= 15 is 0 Å². The number of carbonyl (C=O) groups excluding carboxylic acids is 1. The average Bonchev–Trinajstić information content (AvgIpc) is 2.02. The minimum absolute atomic E-state index is 0.399. The van der Waals surface area contributed by atoms with E-state index in [1.807, 2.05) is 4.90 Å². The predicted molar refractivity (Wildman–Crippen MR) is 66.0 cm³/mol. The van der Waals surface area contributed by atoms with Gasteiger partial charge in [-0.3, -0.25) is 4.79 Å². The molecule has 2 fully saturated rings. The van der Waals surface area contributed by atoms with Crippen molar-refractivity contribution in [2.75, 3.05) is 13.1 Å². The largest absolute Gasteiger partial charge is 0.342 e. The molecule has 0 N–H and O–H groups in total. The van der Waals surface area contributed by atoms with Gasteiger partial charge in [-0.05, 0) is 36.0 Å². The average molecular weight is 223 g/mol. The van der Waals surface area contributed by atoms with Crippen LogP contribution in [0.2, 0.25) is 0 Å². The van der Waals surface area contributed by atoms with Crippen LogP contribution in [0.3, 0.4) is 0 Å². The summed E-state index contributed by atoms with van der Waals surface area (Å²) in [6.07, 6.45) is 3.33. The third-order valence-corrected chi connectivity index (χ3v) is 4.34. The van der Waals surface area contributed by atoms with Crippen molar-refractivity contribution in [2.45, 2.75) is 47.0 Å². The molecule has 2 heteroatoms. The molecule has 2 rings (SSSR count). The van der Waals surface area contributed by atoms with Crippen LogP contribution in [0.4, 0.5) is 0 Å². The Balaban J connectivity index is 1.68. The van der Waals surface area contributed by atoms with E-state index in [2.05, 4.69) is 27.7 Å². The third-order valence-electron chi connectivity index (χ3n) is 4.34. The Bertz CT molecular complexity index is 267. The fourth-order valence-corrected chi connectivity index (χ4v) is 2.89. The maximum Gasteiger partial charge on any atom is 0.222 e. The molecule has 2 aliphatic rings. The summed E-state index contributed by atoms with van der Waals surface area (Å²) in [5.41, 5.74) is 0.435. The molecule has 1 amide bonds. The standard InChI is InChI=1S/C14H25NO/c1-10-8-15(9-10)13(16)7-11-5-12(6-11)14(2,3)4/h10-12H,5-9H2,1-4H3. The zero-order valence-electron chi connectivity index (χ0n) is 11.1. The van der Waals surface area contributed by atoms with Crippen molar-refractivity contribution in [3.63, 3.8) is 0 Å². The number of carbonyl (C=O) groups is 1. The van der Waals surface area contributed by atoms with Gasteiger partial charge in [0.25, 0.3) is 0 Å². The Morgan fingerprint density at radius 1 is 1.25 bits per heavy atom. The second kappa shape index (κ2) is 4.05. The molecule has 0 atom stereocenters. The van der Waals surface area contributed by atoms with Gasteiger partial charge in [-0.15, -0.1) is 0 Å². The van der Waals surface area contributed by atoms with Crippen LogP contribution in [0.25, 0.3) is 0 Å². The van der Waals surface area contributed by atoms with Crippen molar-refractivity contribution in [1.29, 1.82) is 0 Å². The molecule has 1 aliphatic heterocycles. The van der Waals surface area contributed by atoms with Gasteiger partial charge in [0.05, 0.1) is 0 Å². The first-order valence-corrected chi connectivity index (χ1v) is 6.64. The van der Waals surface area contributed by atoms with E-state index in [9.17, 15) is 4.79 Å². The molecule has 0 bridgehead atoms. The second-order valence-corrected chi connectivity index (χ2v) is 7.01. The van der Waals surface area contributed by atoms with Crippen LogP contribution in [0.5, 0.6) is 0 Å². The highest BCUT2D eigenvalue weighted by Crippen LogP contribution is 2.46. The van der Waals surface area contributed by atoms with Gasteiger partial charge in [0.2, 0.25) is 5.91 Å². The summed E-state index contributed by atoms with van der Waals surface area (Å²) in [6.45, 7) is 11.1. The van der Waals surface area contributed by atoms with E-state index in [4.69, 9.17) is 0 Å². The van der Waals surface area contributed by atoms with E-state index in [0.717, 1.165) is 31.3 Å². The second-order valence-electron chi connectivity index (χ2n) is 7.01. The van der Waals surface area contributed by atoms with Crippen molar-refractivity contribution >= 4 is 5.91 Å². The molecule has 1 saturated carbocycles. The summed E-state index contributed by atoms with van der Waals surface area (Å²) in [4.78, 5) is 13.9. The first-order chi connectivity index (χ1) is 7.36. The molecule has 92 valence electrons. The van der Waals surface area contributed by atoms with Gasteiger partial charge in [-0.2, -0.15) is 0 Å². The lowest BCUT2D eigenvalue weighted by Crippen LogP contribution is -2.49. The summed E-state index contributed by atoms with van der Waals surface area (Å²) in [5, 5.41) is 0. The van der Waals surface area contributed by atoms with Gasteiger partial charge in [-0.25, -0.2) is 0 Å². The number of hydrogen-bond acceptors (Lipinski definition) is 1. The highest BCUT2D eigenvalue weighted by molar-refractivity contribution is 5.77. The number of likely N-dealkylation sites (tertiary alicyclic amines) is 1. The molecule has 2 nitrogen and oxygen atoms in total. The van der Waals surface area contributed by atoms with Crippen LogP contribution >= 0.6 is 0 Å². The molecule has 0 radical (unpaired) electrons. The topological polar surface area (TPSA) is 20.3 Å². The molecule has 1 aliphatic carbocycles. The lowest BCUT2D eigenvalue weighted by molar-refractivity contribution is -0.139. The fraction of sp³-hybridized carbons (Fsp3) is 0.929. The Kier molecular flexibility index (Phi) is 3.02. The monoisotopic (exact) mass is 223 g/mol. The van der Waals surface area contributed by atoms with E-state index in [1.54, 1.807) is 0 Å². The molecule has 0 spiro atoms. The van der Waals surface area contributed by atoms with Crippen molar-refractivity contribution < 1.29 is 4.79 Å². The summed E-state index contributed by atoms with van der Waals surface area (Å²) < 4.78 is 0. The van der Waals surface area contributed by atoms with E-state index in [1.165, 1.54) is 12.8 Å². The maximum absolute atomic E-state index is 11.9. The van der Waals surface area contributed by atoms with Crippen molar-refractivity contribution in [1.82, 2.24) is 4.90 Å². The van der Waals surface area contributed by atoms with Gasteiger partial charge in [-0.1, -0.05) is 27.7 Å². The Hall–Kier alpha value is -0.530. The van der Waals surface area contributed by atoms with Gasteiger partial charge < -0.3 is 4.90 Å². The zero-order chi connectivity index (χ0) is 11.9. The smallest absolute Gasteiger partial charge is 0.222 e. The minimum Gasteiger partial charge on any atom is -0.342 e. The van der Waals surface area contributed by atoms with Gasteiger partial charge in [0.1, 0.15) is 0 Å². The Morgan fingerprint density at radius 3 is 2.25 bits per heavy atom. The van der Waals surface area contributed by atoms with Crippen LogP contribution in [0.1, 0.15) is 47.0 Å². The molecule has 16 heavy (non-hydrogen) atoms. The summed E-state index contributed by atoms with van der Waals surface area (Å²) in [6, 6.07) is 0. The SMILES string of the molecule is CC1CN(C(=O)CC2CC(C(C)(C)C)C2)C1.